The molecular weight excluding hydrogens is 282 g/mol. The van der Waals surface area contributed by atoms with E-state index in [-0.39, 0.29) is 17.8 Å². The number of amides is 2. The summed E-state index contributed by atoms with van der Waals surface area (Å²) in [5, 5.41) is 5.40. The van der Waals surface area contributed by atoms with Crippen LogP contribution in [0.15, 0.2) is 6.07 Å². The Labute approximate surface area is 130 Å². The van der Waals surface area contributed by atoms with Crippen molar-refractivity contribution in [1.82, 2.24) is 9.97 Å². The topological polar surface area (TPSA) is 87.2 Å². The molecule has 1 aliphatic heterocycles. The van der Waals surface area contributed by atoms with Crippen LogP contribution in [0, 0.1) is 0 Å². The molecule has 22 heavy (non-hydrogen) atoms. The van der Waals surface area contributed by atoms with E-state index < -0.39 is 0 Å². The Morgan fingerprint density at radius 1 is 1.05 bits per heavy atom. The van der Waals surface area contributed by atoms with E-state index in [4.69, 9.17) is 0 Å². The predicted molar refractivity (Wildman–Crippen MR) is 85.9 cm³/mol. The Kier molecular flexibility index (Phi) is 5.68. The van der Waals surface area contributed by atoms with Gasteiger partial charge in [-0.1, -0.05) is 13.8 Å². The van der Waals surface area contributed by atoms with E-state index in [9.17, 15) is 9.59 Å². The molecule has 1 saturated heterocycles. The van der Waals surface area contributed by atoms with Crippen LogP contribution in [0.1, 0.15) is 46.0 Å². The van der Waals surface area contributed by atoms with Gasteiger partial charge in [-0.05, 0) is 19.3 Å². The fourth-order valence-electron chi connectivity index (χ4n) is 2.28. The zero-order chi connectivity index (χ0) is 15.9. The van der Waals surface area contributed by atoms with Gasteiger partial charge in [-0.25, -0.2) is 0 Å². The van der Waals surface area contributed by atoms with Gasteiger partial charge in [-0.15, -0.1) is 0 Å². The van der Waals surface area contributed by atoms with Crippen molar-refractivity contribution in [2.24, 2.45) is 0 Å². The van der Waals surface area contributed by atoms with Crippen molar-refractivity contribution in [1.29, 1.82) is 0 Å². The SMILES string of the molecule is CCC(=O)Nc1cc(N2CCCCC2)nc(NC(=O)CC)n1. The van der Waals surface area contributed by atoms with Crippen molar-refractivity contribution in [3.8, 4) is 0 Å². The molecule has 2 amide bonds. The number of piperidine rings is 1. The summed E-state index contributed by atoms with van der Waals surface area (Å²) in [5.41, 5.74) is 0. The van der Waals surface area contributed by atoms with Gasteiger partial charge >= 0.3 is 0 Å². The Morgan fingerprint density at radius 2 is 1.68 bits per heavy atom. The molecule has 1 aliphatic rings. The first kappa shape index (κ1) is 16.2. The van der Waals surface area contributed by atoms with Gasteiger partial charge in [0.2, 0.25) is 17.8 Å². The predicted octanol–water partition coefficient (Wildman–Crippen LogP) is 2.16. The number of hydrogen-bond donors (Lipinski definition) is 2. The summed E-state index contributed by atoms with van der Waals surface area (Å²) >= 11 is 0. The molecule has 0 aromatic carbocycles. The highest BCUT2D eigenvalue weighted by Crippen LogP contribution is 2.22. The van der Waals surface area contributed by atoms with Gasteiger partial charge in [0.05, 0.1) is 0 Å². The Bertz CT molecular complexity index is 504. The molecule has 2 heterocycles. The molecule has 2 rings (SSSR count). The lowest BCUT2D eigenvalue weighted by Crippen LogP contribution is -2.30. The molecule has 0 aliphatic carbocycles. The van der Waals surface area contributed by atoms with Crippen molar-refractivity contribution in [3.63, 3.8) is 0 Å². The maximum Gasteiger partial charge on any atom is 0.233 e. The highest BCUT2D eigenvalue weighted by molar-refractivity contribution is 5.91. The van der Waals surface area contributed by atoms with E-state index in [1.807, 2.05) is 0 Å². The molecule has 1 aromatic heterocycles. The van der Waals surface area contributed by atoms with E-state index in [0.29, 0.717) is 18.7 Å². The smallest absolute Gasteiger partial charge is 0.233 e. The number of aromatic nitrogens is 2. The van der Waals surface area contributed by atoms with Crippen LogP contribution in [-0.4, -0.2) is 34.9 Å². The van der Waals surface area contributed by atoms with E-state index in [0.717, 1.165) is 31.7 Å². The average Bonchev–Trinajstić information content (AvgIpc) is 2.55. The molecule has 7 nitrogen and oxygen atoms in total. The van der Waals surface area contributed by atoms with Gasteiger partial charge < -0.3 is 10.2 Å². The molecule has 0 atom stereocenters. The number of nitrogens with zero attached hydrogens (tertiary/aromatic N) is 3. The number of carbonyl (C=O) groups excluding carboxylic acids is 2. The average molecular weight is 305 g/mol. The highest BCUT2D eigenvalue weighted by Gasteiger charge is 2.16. The number of nitrogens with one attached hydrogen (secondary N) is 2. The highest BCUT2D eigenvalue weighted by atomic mass is 16.2. The third kappa shape index (κ3) is 4.41. The van der Waals surface area contributed by atoms with Crippen LogP contribution < -0.4 is 15.5 Å². The molecule has 0 bridgehead atoms. The van der Waals surface area contributed by atoms with E-state index in [2.05, 4.69) is 25.5 Å². The van der Waals surface area contributed by atoms with Crippen LogP contribution in [0.25, 0.3) is 0 Å². The summed E-state index contributed by atoms with van der Waals surface area (Å²) in [4.78, 5) is 33.9. The van der Waals surface area contributed by atoms with Crippen LogP contribution in [-0.2, 0) is 9.59 Å². The first-order valence-electron chi connectivity index (χ1n) is 7.86. The lowest BCUT2D eigenvalue weighted by atomic mass is 10.1. The first-order chi connectivity index (χ1) is 10.6. The number of rotatable bonds is 5. The fraction of sp³-hybridized carbons (Fsp3) is 0.600. The lowest BCUT2D eigenvalue weighted by molar-refractivity contribution is -0.116. The second kappa shape index (κ2) is 7.72. The van der Waals surface area contributed by atoms with Crippen molar-refractivity contribution >= 4 is 29.4 Å². The lowest BCUT2D eigenvalue weighted by Gasteiger charge is -2.28. The maximum absolute atomic E-state index is 11.6. The van der Waals surface area contributed by atoms with E-state index in [1.54, 1.807) is 19.9 Å². The molecule has 0 saturated carbocycles. The van der Waals surface area contributed by atoms with Crippen LogP contribution in [0.2, 0.25) is 0 Å². The second-order valence-electron chi connectivity index (χ2n) is 5.29. The minimum Gasteiger partial charge on any atom is -0.356 e. The fourth-order valence-corrected chi connectivity index (χ4v) is 2.28. The van der Waals surface area contributed by atoms with Crippen molar-refractivity contribution in [2.45, 2.75) is 46.0 Å². The van der Waals surface area contributed by atoms with Crippen molar-refractivity contribution < 1.29 is 9.59 Å². The summed E-state index contributed by atoms with van der Waals surface area (Å²) in [6.07, 6.45) is 4.20. The standard InChI is InChI=1S/C15H23N5O2/c1-3-13(21)16-11-10-12(20-8-6-5-7-9-20)18-15(17-11)19-14(22)4-2/h10H,3-9H2,1-2H3,(H2,16,17,18,19,21,22). The van der Waals surface area contributed by atoms with Gasteiger partial charge in [0.25, 0.3) is 0 Å². The van der Waals surface area contributed by atoms with Gasteiger partial charge in [0, 0.05) is 32.0 Å². The Morgan fingerprint density at radius 3 is 2.32 bits per heavy atom. The molecule has 0 radical (unpaired) electrons. The minimum atomic E-state index is -0.149. The minimum absolute atomic E-state index is 0.115. The normalized spacial score (nSPS) is 14.5. The van der Waals surface area contributed by atoms with E-state index >= 15 is 0 Å². The molecule has 120 valence electrons. The monoisotopic (exact) mass is 305 g/mol. The molecule has 1 fully saturated rings. The van der Waals surface area contributed by atoms with Gasteiger partial charge in [-0.3, -0.25) is 14.9 Å². The van der Waals surface area contributed by atoms with Crippen molar-refractivity contribution in [3.05, 3.63) is 6.07 Å². The zero-order valence-electron chi connectivity index (χ0n) is 13.2. The summed E-state index contributed by atoms with van der Waals surface area (Å²) in [6, 6.07) is 1.76. The van der Waals surface area contributed by atoms with Crippen LogP contribution in [0.5, 0.6) is 0 Å². The number of anilines is 3. The van der Waals surface area contributed by atoms with Crippen LogP contribution in [0.4, 0.5) is 17.6 Å². The molecule has 2 N–H and O–H groups in total. The van der Waals surface area contributed by atoms with Gasteiger partial charge in [0.1, 0.15) is 11.6 Å². The molecule has 0 spiro atoms. The van der Waals surface area contributed by atoms with E-state index in [1.165, 1.54) is 6.42 Å². The maximum atomic E-state index is 11.6. The summed E-state index contributed by atoms with van der Waals surface area (Å²) in [6.45, 7) is 5.41. The summed E-state index contributed by atoms with van der Waals surface area (Å²) in [7, 11) is 0. The summed E-state index contributed by atoms with van der Waals surface area (Å²) < 4.78 is 0. The third-order valence-corrected chi connectivity index (χ3v) is 3.55. The number of carbonyl (C=O) groups is 2. The third-order valence-electron chi connectivity index (χ3n) is 3.55. The Balaban J connectivity index is 2.25. The van der Waals surface area contributed by atoms with Crippen molar-refractivity contribution in [2.75, 3.05) is 28.6 Å². The molecular formula is C15H23N5O2. The quantitative estimate of drug-likeness (QED) is 0.870. The molecule has 7 heteroatoms. The van der Waals surface area contributed by atoms with Gasteiger partial charge in [0.15, 0.2) is 0 Å². The Hall–Kier alpha value is -2.18. The molecule has 1 aromatic rings. The van der Waals surface area contributed by atoms with Gasteiger partial charge in [-0.2, -0.15) is 9.97 Å². The molecule has 0 unspecified atom stereocenters. The largest absolute Gasteiger partial charge is 0.356 e. The summed E-state index contributed by atoms with van der Waals surface area (Å²) in [5.74, 6) is 1.14. The number of hydrogen-bond acceptors (Lipinski definition) is 5. The first-order valence-corrected chi connectivity index (χ1v) is 7.86. The zero-order valence-corrected chi connectivity index (χ0v) is 13.2. The van der Waals surface area contributed by atoms with Crippen LogP contribution in [0.3, 0.4) is 0 Å². The second-order valence-corrected chi connectivity index (χ2v) is 5.29. The van der Waals surface area contributed by atoms with Crippen LogP contribution >= 0.6 is 0 Å².